The first-order valence-corrected chi connectivity index (χ1v) is 4.16. The van der Waals surface area contributed by atoms with Gasteiger partial charge in [0, 0.05) is 12.6 Å². The first-order chi connectivity index (χ1) is 4.77. The molecule has 0 aromatic carbocycles. The van der Waals surface area contributed by atoms with Crippen molar-refractivity contribution in [1.29, 1.82) is 0 Å². The Morgan fingerprint density at radius 3 is 2.60 bits per heavy atom. The highest BCUT2D eigenvalue weighted by Crippen LogP contribution is 2.21. The minimum absolute atomic E-state index is 0.514. The second-order valence-electron chi connectivity index (χ2n) is 2.98. The van der Waals surface area contributed by atoms with Crippen LogP contribution in [0, 0.1) is 0 Å². The largest absolute Gasteiger partial charge is 0.298 e. The minimum Gasteiger partial charge on any atom is -0.298 e. The second-order valence-corrected chi connectivity index (χ2v) is 2.98. The van der Waals surface area contributed by atoms with Gasteiger partial charge in [0.2, 0.25) is 0 Å². The maximum atomic E-state index is 12.8. The van der Waals surface area contributed by atoms with Crippen LogP contribution in [0.15, 0.2) is 0 Å². The molecule has 2 unspecified atom stereocenters. The molecule has 0 bridgehead atoms. The van der Waals surface area contributed by atoms with Crippen molar-refractivity contribution in [3.05, 3.63) is 0 Å². The molecule has 1 aliphatic rings. The zero-order valence-electron chi connectivity index (χ0n) is 6.81. The van der Waals surface area contributed by atoms with Crippen molar-refractivity contribution in [2.75, 3.05) is 13.1 Å². The maximum absolute atomic E-state index is 12.8. The van der Waals surface area contributed by atoms with Crippen LogP contribution in [0.3, 0.4) is 0 Å². The smallest absolute Gasteiger partial charge is 0.114 e. The summed E-state index contributed by atoms with van der Waals surface area (Å²) in [5, 5.41) is 0. The van der Waals surface area contributed by atoms with Gasteiger partial charge in [-0.15, -0.1) is 0 Å². The van der Waals surface area contributed by atoms with Crippen LogP contribution >= 0.6 is 0 Å². The molecule has 1 nitrogen and oxygen atoms in total. The van der Waals surface area contributed by atoms with Crippen molar-refractivity contribution >= 4 is 0 Å². The van der Waals surface area contributed by atoms with E-state index in [1.807, 2.05) is 0 Å². The summed E-state index contributed by atoms with van der Waals surface area (Å²) < 4.78 is 12.8. The van der Waals surface area contributed by atoms with Crippen molar-refractivity contribution in [3.8, 4) is 0 Å². The SMILES string of the molecule is CCC1CC(F)CN1CC. The van der Waals surface area contributed by atoms with Crippen LogP contribution in [0.2, 0.25) is 0 Å². The molecule has 60 valence electrons. The van der Waals surface area contributed by atoms with Gasteiger partial charge in [0.15, 0.2) is 0 Å². The Morgan fingerprint density at radius 1 is 1.50 bits per heavy atom. The summed E-state index contributed by atoms with van der Waals surface area (Å²) in [6.45, 7) is 5.89. The summed E-state index contributed by atoms with van der Waals surface area (Å²) in [6, 6.07) is 0.514. The molecule has 1 heterocycles. The van der Waals surface area contributed by atoms with Gasteiger partial charge in [-0.3, -0.25) is 4.90 Å². The van der Waals surface area contributed by atoms with Crippen molar-refractivity contribution < 1.29 is 4.39 Å². The average molecular weight is 145 g/mol. The van der Waals surface area contributed by atoms with Crippen molar-refractivity contribution in [2.45, 2.75) is 38.9 Å². The van der Waals surface area contributed by atoms with E-state index in [-0.39, 0.29) is 0 Å². The zero-order chi connectivity index (χ0) is 7.56. The highest BCUT2D eigenvalue weighted by atomic mass is 19.1. The van der Waals surface area contributed by atoms with Crippen molar-refractivity contribution in [2.24, 2.45) is 0 Å². The van der Waals surface area contributed by atoms with E-state index in [2.05, 4.69) is 18.7 Å². The maximum Gasteiger partial charge on any atom is 0.114 e. The van der Waals surface area contributed by atoms with Gasteiger partial charge in [-0.2, -0.15) is 0 Å². The molecule has 1 saturated heterocycles. The molecular formula is C8H16FN. The van der Waals surface area contributed by atoms with Gasteiger partial charge < -0.3 is 0 Å². The van der Waals surface area contributed by atoms with E-state index in [1.165, 1.54) is 0 Å². The van der Waals surface area contributed by atoms with Gasteiger partial charge in [0.1, 0.15) is 6.17 Å². The van der Waals surface area contributed by atoms with E-state index in [0.717, 1.165) is 19.4 Å². The van der Waals surface area contributed by atoms with Crippen molar-refractivity contribution in [1.82, 2.24) is 4.90 Å². The number of likely N-dealkylation sites (tertiary alicyclic amines) is 1. The highest BCUT2D eigenvalue weighted by molar-refractivity contribution is 4.83. The predicted molar refractivity (Wildman–Crippen MR) is 40.8 cm³/mol. The zero-order valence-corrected chi connectivity index (χ0v) is 6.81. The fraction of sp³-hybridized carbons (Fsp3) is 1.00. The fourth-order valence-corrected chi connectivity index (χ4v) is 1.73. The lowest BCUT2D eigenvalue weighted by atomic mass is 10.1. The number of alkyl halides is 1. The third kappa shape index (κ3) is 1.48. The lowest BCUT2D eigenvalue weighted by Gasteiger charge is -2.19. The van der Waals surface area contributed by atoms with Crippen LogP contribution in [0.4, 0.5) is 4.39 Å². The van der Waals surface area contributed by atoms with Crippen LogP contribution in [-0.4, -0.2) is 30.2 Å². The Labute approximate surface area is 62.2 Å². The van der Waals surface area contributed by atoms with E-state index in [4.69, 9.17) is 0 Å². The van der Waals surface area contributed by atoms with E-state index in [9.17, 15) is 4.39 Å². The number of halogens is 1. The molecule has 0 spiro atoms. The lowest BCUT2D eigenvalue weighted by molar-refractivity contribution is 0.251. The molecule has 2 heteroatoms. The van der Waals surface area contributed by atoms with E-state index >= 15 is 0 Å². The molecular weight excluding hydrogens is 129 g/mol. The Bertz CT molecular complexity index is 93.4. The number of rotatable bonds is 2. The molecule has 0 aliphatic carbocycles. The van der Waals surface area contributed by atoms with Crippen LogP contribution in [0.25, 0.3) is 0 Å². The first kappa shape index (κ1) is 7.99. The molecule has 0 saturated carbocycles. The third-order valence-electron chi connectivity index (χ3n) is 2.35. The van der Waals surface area contributed by atoms with E-state index < -0.39 is 6.17 Å². The fourth-order valence-electron chi connectivity index (χ4n) is 1.73. The van der Waals surface area contributed by atoms with Gasteiger partial charge in [-0.1, -0.05) is 13.8 Å². The quantitative estimate of drug-likeness (QED) is 0.573. The molecule has 0 N–H and O–H groups in total. The molecule has 2 atom stereocenters. The molecule has 10 heavy (non-hydrogen) atoms. The summed E-state index contributed by atoms with van der Waals surface area (Å²) >= 11 is 0. The molecule has 1 aliphatic heterocycles. The first-order valence-electron chi connectivity index (χ1n) is 4.16. The van der Waals surface area contributed by atoms with Crippen LogP contribution in [0.1, 0.15) is 26.7 Å². The molecule has 0 aromatic rings. The summed E-state index contributed by atoms with van der Waals surface area (Å²) in [5.74, 6) is 0. The van der Waals surface area contributed by atoms with Crippen LogP contribution in [-0.2, 0) is 0 Å². The Hall–Kier alpha value is -0.110. The highest BCUT2D eigenvalue weighted by Gasteiger charge is 2.28. The average Bonchev–Trinajstić information content (AvgIpc) is 2.30. The number of nitrogens with zero attached hydrogens (tertiary/aromatic N) is 1. The van der Waals surface area contributed by atoms with Gasteiger partial charge in [-0.25, -0.2) is 4.39 Å². The van der Waals surface area contributed by atoms with Crippen molar-refractivity contribution in [3.63, 3.8) is 0 Å². The van der Waals surface area contributed by atoms with Gasteiger partial charge in [-0.05, 0) is 19.4 Å². The Balaban J connectivity index is 2.41. The normalized spacial score (nSPS) is 35.1. The second kappa shape index (κ2) is 3.33. The molecule has 1 fully saturated rings. The van der Waals surface area contributed by atoms with Gasteiger partial charge in [0.05, 0.1) is 0 Å². The third-order valence-corrected chi connectivity index (χ3v) is 2.35. The van der Waals surface area contributed by atoms with E-state index in [0.29, 0.717) is 12.6 Å². The minimum atomic E-state index is -0.565. The summed E-state index contributed by atoms with van der Waals surface area (Å²) in [4.78, 5) is 2.23. The molecule has 0 amide bonds. The summed E-state index contributed by atoms with van der Waals surface area (Å²) in [5.41, 5.74) is 0. The predicted octanol–water partition coefficient (Wildman–Crippen LogP) is 1.83. The van der Waals surface area contributed by atoms with Gasteiger partial charge >= 0.3 is 0 Å². The standard InChI is InChI=1S/C8H16FN/c1-3-8-5-7(9)6-10(8)4-2/h7-8H,3-6H2,1-2H3. The van der Waals surface area contributed by atoms with E-state index in [1.54, 1.807) is 0 Å². The Kier molecular flexibility index (Phi) is 2.66. The summed E-state index contributed by atoms with van der Waals surface area (Å²) in [7, 11) is 0. The van der Waals surface area contributed by atoms with Gasteiger partial charge in [0.25, 0.3) is 0 Å². The lowest BCUT2D eigenvalue weighted by Crippen LogP contribution is -2.28. The topological polar surface area (TPSA) is 3.24 Å². The molecule has 1 rings (SSSR count). The van der Waals surface area contributed by atoms with Crippen LogP contribution in [0.5, 0.6) is 0 Å². The number of hydrogen-bond donors (Lipinski definition) is 0. The van der Waals surface area contributed by atoms with Crippen LogP contribution < -0.4 is 0 Å². The summed E-state index contributed by atoms with van der Waals surface area (Å²) in [6.07, 6.45) is 1.28. The molecule has 0 radical (unpaired) electrons. The molecule has 0 aromatic heterocycles. The number of hydrogen-bond acceptors (Lipinski definition) is 1. The Morgan fingerprint density at radius 2 is 2.20 bits per heavy atom. The monoisotopic (exact) mass is 145 g/mol.